The number of hydrogen-bond acceptors (Lipinski definition) is 4. The lowest BCUT2D eigenvalue weighted by Gasteiger charge is -2.42. The van der Waals surface area contributed by atoms with Crippen LogP contribution in [0, 0.1) is 0 Å². The second kappa shape index (κ2) is 5.32. The molecule has 0 spiro atoms. The third kappa shape index (κ3) is 2.68. The molecular weight excluding hydrogens is 238 g/mol. The fourth-order valence-electron chi connectivity index (χ4n) is 4.49. The summed E-state index contributed by atoms with van der Waals surface area (Å²) in [5, 5.41) is 9.52. The lowest BCUT2D eigenvalue weighted by Crippen LogP contribution is -2.54. The van der Waals surface area contributed by atoms with Crippen LogP contribution in [0.25, 0.3) is 0 Å². The molecule has 110 valence electrons. The first-order valence-corrected chi connectivity index (χ1v) is 7.97. The summed E-state index contributed by atoms with van der Waals surface area (Å²) in [5.74, 6) is 0. The molecule has 1 saturated carbocycles. The van der Waals surface area contributed by atoms with Gasteiger partial charge in [0.25, 0.3) is 0 Å². The summed E-state index contributed by atoms with van der Waals surface area (Å²) in [7, 11) is 2.30. The van der Waals surface area contributed by atoms with E-state index in [9.17, 15) is 5.11 Å². The van der Waals surface area contributed by atoms with Crippen LogP contribution in [-0.2, 0) is 0 Å². The molecule has 3 N–H and O–H groups in total. The Hall–Kier alpha value is -0.160. The molecule has 4 heteroatoms. The lowest BCUT2D eigenvalue weighted by atomic mass is 9.79. The highest BCUT2D eigenvalue weighted by Crippen LogP contribution is 2.34. The lowest BCUT2D eigenvalue weighted by molar-refractivity contribution is 0.0755. The van der Waals surface area contributed by atoms with Gasteiger partial charge < -0.3 is 10.8 Å². The van der Waals surface area contributed by atoms with Crippen LogP contribution in [0.3, 0.4) is 0 Å². The van der Waals surface area contributed by atoms with Gasteiger partial charge in [0.1, 0.15) is 0 Å². The Morgan fingerprint density at radius 2 is 1.95 bits per heavy atom. The van der Waals surface area contributed by atoms with Gasteiger partial charge in [-0.05, 0) is 58.5 Å². The van der Waals surface area contributed by atoms with E-state index in [1.807, 2.05) is 0 Å². The van der Waals surface area contributed by atoms with Gasteiger partial charge in [-0.2, -0.15) is 0 Å². The molecule has 2 bridgehead atoms. The minimum absolute atomic E-state index is 0.142. The normalized spacial score (nSPS) is 45.3. The third-order valence-electron chi connectivity index (χ3n) is 5.87. The Morgan fingerprint density at radius 3 is 2.74 bits per heavy atom. The summed E-state index contributed by atoms with van der Waals surface area (Å²) < 4.78 is 0. The van der Waals surface area contributed by atoms with Crippen LogP contribution in [0.5, 0.6) is 0 Å². The summed E-state index contributed by atoms with van der Waals surface area (Å²) >= 11 is 0. The van der Waals surface area contributed by atoms with Crippen molar-refractivity contribution < 1.29 is 5.11 Å². The summed E-state index contributed by atoms with van der Waals surface area (Å²) in [4.78, 5) is 5.28. The van der Waals surface area contributed by atoms with Gasteiger partial charge in [-0.25, -0.2) is 0 Å². The molecule has 0 radical (unpaired) electrons. The van der Waals surface area contributed by atoms with Gasteiger partial charge in [-0.15, -0.1) is 0 Å². The number of rotatable bonds is 2. The molecule has 0 aromatic carbocycles. The largest absolute Gasteiger partial charge is 0.394 e. The molecule has 4 nitrogen and oxygen atoms in total. The summed E-state index contributed by atoms with van der Waals surface area (Å²) in [5.41, 5.74) is 5.99. The van der Waals surface area contributed by atoms with E-state index in [2.05, 4.69) is 16.8 Å². The average molecular weight is 267 g/mol. The Bertz CT molecular complexity index is 325. The van der Waals surface area contributed by atoms with Crippen molar-refractivity contribution in [1.82, 2.24) is 9.80 Å². The Kier molecular flexibility index (Phi) is 3.87. The number of likely N-dealkylation sites (tertiary alicyclic amines) is 1. The van der Waals surface area contributed by atoms with Crippen molar-refractivity contribution in [2.24, 2.45) is 5.73 Å². The van der Waals surface area contributed by atoms with Crippen LogP contribution >= 0.6 is 0 Å². The highest BCUT2D eigenvalue weighted by Gasteiger charge is 2.40. The zero-order chi connectivity index (χ0) is 13.5. The van der Waals surface area contributed by atoms with Crippen molar-refractivity contribution in [3.8, 4) is 0 Å². The summed E-state index contributed by atoms with van der Waals surface area (Å²) in [6, 6.07) is 2.15. The van der Waals surface area contributed by atoms with Crippen molar-refractivity contribution in [2.45, 2.75) is 68.6 Å². The van der Waals surface area contributed by atoms with Crippen LogP contribution in [0.2, 0.25) is 0 Å². The number of fused-ring (bicyclic) bond motifs is 2. The Labute approximate surface area is 116 Å². The summed E-state index contributed by atoms with van der Waals surface area (Å²) in [6.07, 6.45) is 8.45. The van der Waals surface area contributed by atoms with Crippen molar-refractivity contribution in [3.05, 3.63) is 0 Å². The van der Waals surface area contributed by atoms with E-state index >= 15 is 0 Å². The van der Waals surface area contributed by atoms with Crippen molar-refractivity contribution in [2.75, 3.05) is 26.7 Å². The first-order chi connectivity index (χ1) is 9.11. The van der Waals surface area contributed by atoms with Crippen molar-refractivity contribution in [1.29, 1.82) is 0 Å². The molecule has 3 fully saturated rings. The molecule has 19 heavy (non-hydrogen) atoms. The molecule has 3 aliphatic rings. The van der Waals surface area contributed by atoms with Gasteiger partial charge in [-0.3, -0.25) is 9.80 Å². The van der Waals surface area contributed by atoms with E-state index in [1.54, 1.807) is 0 Å². The number of likely N-dealkylation sites (N-methyl/N-ethyl adjacent to an activating group) is 1. The van der Waals surface area contributed by atoms with Gasteiger partial charge in [-0.1, -0.05) is 0 Å². The van der Waals surface area contributed by atoms with E-state index in [0.29, 0.717) is 6.04 Å². The van der Waals surface area contributed by atoms with Gasteiger partial charge >= 0.3 is 0 Å². The van der Waals surface area contributed by atoms with Crippen LogP contribution in [0.1, 0.15) is 44.9 Å². The van der Waals surface area contributed by atoms with Crippen LogP contribution < -0.4 is 5.73 Å². The molecule has 2 heterocycles. The third-order valence-corrected chi connectivity index (χ3v) is 5.87. The topological polar surface area (TPSA) is 52.7 Å². The first kappa shape index (κ1) is 13.8. The fraction of sp³-hybridized carbons (Fsp3) is 1.00. The monoisotopic (exact) mass is 267 g/mol. The second-order valence-corrected chi connectivity index (χ2v) is 7.10. The maximum absolute atomic E-state index is 9.52. The molecule has 2 saturated heterocycles. The number of nitrogens with two attached hydrogens (primary N) is 1. The maximum Gasteiger partial charge on any atom is 0.0611 e. The van der Waals surface area contributed by atoms with Crippen LogP contribution in [-0.4, -0.2) is 65.3 Å². The molecule has 4 unspecified atom stereocenters. The quantitative estimate of drug-likeness (QED) is 0.776. The van der Waals surface area contributed by atoms with Crippen LogP contribution in [0.4, 0.5) is 0 Å². The van der Waals surface area contributed by atoms with Gasteiger partial charge in [0.15, 0.2) is 0 Å². The van der Waals surface area contributed by atoms with Crippen molar-refractivity contribution in [3.63, 3.8) is 0 Å². The maximum atomic E-state index is 9.52. The smallest absolute Gasteiger partial charge is 0.0611 e. The molecule has 3 rings (SSSR count). The average Bonchev–Trinajstić information content (AvgIpc) is 2.63. The van der Waals surface area contributed by atoms with Gasteiger partial charge in [0.2, 0.25) is 0 Å². The van der Waals surface area contributed by atoms with Crippen molar-refractivity contribution >= 4 is 0 Å². The highest BCUT2D eigenvalue weighted by atomic mass is 16.3. The predicted octanol–water partition coefficient (Wildman–Crippen LogP) is 0.787. The SMILES string of the molecule is CN1C2CCC1CN(C1CCCC(N)(CO)C1)CC2. The molecule has 1 aliphatic carbocycles. The standard InChI is InChI=1S/C15H29N3O/c1-17-12-4-5-14(17)10-18(8-6-12)13-3-2-7-15(16,9-13)11-19/h12-14,19H,2-11,16H2,1H3. The molecule has 0 aromatic rings. The van der Waals surface area contributed by atoms with E-state index in [1.165, 1.54) is 45.2 Å². The molecule has 0 amide bonds. The minimum atomic E-state index is -0.319. The molecule has 0 aromatic heterocycles. The van der Waals surface area contributed by atoms with E-state index in [-0.39, 0.29) is 12.1 Å². The number of aliphatic hydroxyl groups is 1. The Morgan fingerprint density at radius 1 is 1.16 bits per heavy atom. The highest BCUT2D eigenvalue weighted by molar-refractivity contribution is 4.97. The zero-order valence-corrected chi connectivity index (χ0v) is 12.2. The van der Waals surface area contributed by atoms with Gasteiger partial charge in [0, 0.05) is 30.2 Å². The molecular formula is C15H29N3O. The zero-order valence-electron chi connectivity index (χ0n) is 12.2. The fourth-order valence-corrected chi connectivity index (χ4v) is 4.49. The first-order valence-electron chi connectivity index (χ1n) is 7.97. The van der Waals surface area contributed by atoms with E-state index < -0.39 is 0 Å². The van der Waals surface area contributed by atoms with Crippen LogP contribution in [0.15, 0.2) is 0 Å². The van der Waals surface area contributed by atoms with Gasteiger partial charge in [0.05, 0.1) is 6.61 Å². The number of aliphatic hydroxyl groups excluding tert-OH is 1. The summed E-state index contributed by atoms with van der Waals surface area (Å²) in [6.45, 7) is 2.57. The number of nitrogens with zero attached hydrogens (tertiary/aromatic N) is 2. The number of hydrogen-bond donors (Lipinski definition) is 2. The minimum Gasteiger partial charge on any atom is -0.394 e. The van der Waals surface area contributed by atoms with E-state index in [0.717, 1.165) is 24.9 Å². The predicted molar refractivity (Wildman–Crippen MR) is 77.0 cm³/mol. The second-order valence-electron chi connectivity index (χ2n) is 7.10. The molecule has 4 atom stereocenters. The Balaban J connectivity index is 1.66. The van der Waals surface area contributed by atoms with E-state index in [4.69, 9.17) is 5.73 Å². The molecule has 2 aliphatic heterocycles.